The molecule has 0 aliphatic rings. The molecule has 3 heterocycles. The van der Waals surface area contributed by atoms with Crippen LogP contribution in [0.15, 0.2) is 59.0 Å². The Morgan fingerprint density at radius 1 is 1.13 bits per heavy atom. The van der Waals surface area contributed by atoms with Gasteiger partial charge >= 0.3 is 0 Å². The standard InChI is InChI=1S/C28H26ClN3O5S/c1-16-5-12-21(37-16)25(33)23-24(17-6-9-19(10-7-17)36-14-4-13-31(2)3)32(27(35)26(23)34)28-30-20-11-8-18(29)15-22(20)38-28/h5-12,15,34-35H,4,13-14H2,1-3H3. The lowest BCUT2D eigenvalue weighted by atomic mass is 10.0. The van der Waals surface area contributed by atoms with Crippen molar-refractivity contribution >= 4 is 38.9 Å². The van der Waals surface area contributed by atoms with Gasteiger partial charge in [-0.25, -0.2) is 4.98 Å². The second kappa shape index (κ2) is 10.5. The molecule has 0 spiro atoms. The fraction of sp³-hybridized carbons (Fsp3) is 0.214. The zero-order valence-corrected chi connectivity index (χ0v) is 22.6. The first-order chi connectivity index (χ1) is 18.2. The van der Waals surface area contributed by atoms with Gasteiger partial charge < -0.3 is 24.3 Å². The van der Waals surface area contributed by atoms with Crippen molar-refractivity contribution in [1.29, 1.82) is 0 Å². The average molecular weight is 552 g/mol. The van der Waals surface area contributed by atoms with Crippen molar-refractivity contribution in [2.24, 2.45) is 0 Å². The van der Waals surface area contributed by atoms with Gasteiger partial charge in [0.05, 0.1) is 28.1 Å². The van der Waals surface area contributed by atoms with Gasteiger partial charge in [0.25, 0.3) is 0 Å². The molecule has 0 saturated carbocycles. The number of aryl methyl sites for hydroxylation is 1. The van der Waals surface area contributed by atoms with Crippen molar-refractivity contribution in [3.8, 4) is 33.8 Å². The highest BCUT2D eigenvalue weighted by atomic mass is 35.5. The molecule has 5 rings (SSSR count). The lowest BCUT2D eigenvalue weighted by Gasteiger charge is -2.12. The van der Waals surface area contributed by atoms with Crippen LogP contribution in [0.5, 0.6) is 17.4 Å². The molecule has 196 valence electrons. The van der Waals surface area contributed by atoms with Crippen LogP contribution >= 0.6 is 22.9 Å². The fourth-order valence-electron chi connectivity index (χ4n) is 4.16. The van der Waals surface area contributed by atoms with E-state index in [1.807, 2.05) is 14.1 Å². The number of rotatable bonds is 9. The molecule has 2 aromatic carbocycles. The lowest BCUT2D eigenvalue weighted by molar-refractivity contribution is 0.101. The molecule has 0 aliphatic heterocycles. The average Bonchev–Trinajstić information content (AvgIpc) is 3.57. The van der Waals surface area contributed by atoms with E-state index in [9.17, 15) is 15.0 Å². The first-order valence-electron chi connectivity index (χ1n) is 11.9. The van der Waals surface area contributed by atoms with Gasteiger partial charge in [0.15, 0.2) is 16.6 Å². The van der Waals surface area contributed by atoms with Gasteiger partial charge in [0.1, 0.15) is 11.5 Å². The van der Waals surface area contributed by atoms with E-state index < -0.39 is 17.4 Å². The van der Waals surface area contributed by atoms with E-state index in [2.05, 4.69) is 9.88 Å². The van der Waals surface area contributed by atoms with Crippen molar-refractivity contribution < 1.29 is 24.2 Å². The van der Waals surface area contributed by atoms with Crippen molar-refractivity contribution in [3.63, 3.8) is 0 Å². The molecule has 0 aliphatic carbocycles. The van der Waals surface area contributed by atoms with Gasteiger partial charge in [-0.3, -0.25) is 9.36 Å². The van der Waals surface area contributed by atoms with Crippen LogP contribution in [0.3, 0.4) is 0 Å². The number of aromatic nitrogens is 2. The summed E-state index contributed by atoms with van der Waals surface area (Å²) in [6.07, 6.45) is 0.877. The smallest absolute Gasteiger partial charge is 0.242 e. The number of furan rings is 1. The van der Waals surface area contributed by atoms with Crippen LogP contribution in [0, 0.1) is 6.92 Å². The Morgan fingerprint density at radius 3 is 2.58 bits per heavy atom. The van der Waals surface area contributed by atoms with Crippen LogP contribution in [-0.2, 0) is 0 Å². The number of hydrogen-bond donors (Lipinski definition) is 2. The van der Waals surface area contributed by atoms with Gasteiger partial charge in [-0.15, -0.1) is 0 Å². The molecule has 0 amide bonds. The van der Waals surface area contributed by atoms with Gasteiger partial charge in [0.2, 0.25) is 11.7 Å². The van der Waals surface area contributed by atoms with E-state index in [0.29, 0.717) is 39.4 Å². The fourth-order valence-corrected chi connectivity index (χ4v) is 5.41. The quantitative estimate of drug-likeness (QED) is 0.164. The van der Waals surface area contributed by atoms with Crippen LogP contribution < -0.4 is 4.74 Å². The summed E-state index contributed by atoms with van der Waals surface area (Å²) in [6.45, 7) is 3.20. The highest BCUT2D eigenvalue weighted by Gasteiger charge is 2.32. The van der Waals surface area contributed by atoms with Gasteiger partial charge in [0, 0.05) is 11.6 Å². The Labute approximate surface area is 228 Å². The first-order valence-corrected chi connectivity index (χ1v) is 13.1. The molecule has 0 saturated heterocycles. The summed E-state index contributed by atoms with van der Waals surface area (Å²) in [7, 11) is 4.02. The second-order valence-corrected chi connectivity index (χ2v) is 10.6. The number of benzene rings is 2. The Balaban J connectivity index is 1.62. The van der Waals surface area contributed by atoms with Crippen molar-refractivity contribution in [2.45, 2.75) is 13.3 Å². The number of nitrogens with zero attached hydrogens (tertiary/aromatic N) is 3. The summed E-state index contributed by atoms with van der Waals surface area (Å²) < 4.78 is 13.6. The molecule has 0 bridgehead atoms. The van der Waals surface area contributed by atoms with E-state index in [0.717, 1.165) is 17.7 Å². The summed E-state index contributed by atoms with van der Waals surface area (Å²) in [4.78, 5) is 20.3. The van der Waals surface area contributed by atoms with Crippen LogP contribution in [0.4, 0.5) is 0 Å². The zero-order chi connectivity index (χ0) is 27.0. The highest BCUT2D eigenvalue weighted by molar-refractivity contribution is 7.20. The third-order valence-corrected chi connectivity index (χ3v) is 7.23. The third kappa shape index (κ3) is 5.00. The maximum absolute atomic E-state index is 13.5. The Hall–Kier alpha value is -3.79. The molecular weight excluding hydrogens is 526 g/mol. The molecule has 8 nitrogen and oxygen atoms in total. The van der Waals surface area contributed by atoms with E-state index in [-0.39, 0.29) is 17.0 Å². The minimum atomic E-state index is -0.562. The third-order valence-electron chi connectivity index (χ3n) is 5.99. The molecule has 5 aromatic rings. The minimum Gasteiger partial charge on any atom is -0.503 e. The Kier molecular flexibility index (Phi) is 7.16. The summed E-state index contributed by atoms with van der Waals surface area (Å²) in [6, 6.07) is 15.6. The van der Waals surface area contributed by atoms with Crippen LogP contribution in [-0.4, -0.2) is 57.7 Å². The molecule has 0 radical (unpaired) electrons. The summed E-state index contributed by atoms with van der Waals surface area (Å²) in [5.41, 5.74) is 1.44. The van der Waals surface area contributed by atoms with E-state index in [4.69, 9.17) is 20.8 Å². The van der Waals surface area contributed by atoms with E-state index >= 15 is 0 Å². The molecule has 0 fully saturated rings. The van der Waals surface area contributed by atoms with Crippen LogP contribution in [0.2, 0.25) is 5.02 Å². The summed E-state index contributed by atoms with van der Waals surface area (Å²) >= 11 is 7.44. The molecule has 0 unspecified atom stereocenters. The van der Waals surface area contributed by atoms with Gasteiger partial charge in [-0.1, -0.05) is 22.9 Å². The number of carbonyl (C=O) groups excluding carboxylic acids is 1. The number of ketones is 1. The maximum Gasteiger partial charge on any atom is 0.242 e. The maximum atomic E-state index is 13.5. The first kappa shape index (κ1) is 25.8. The summed E-state index contributed by atoms with van der Waals surface area (Å²) in [5.74, 6) is -0.345. The predicted molar refractivity (Wildman–Crippen MR) is 148 cm³/mol. The number of fused-ring (bicyclic) bond motifs is 1. The number of carbonyl (C=O) groups is 1. The monoisotopic (exact) mass is 551 g/mol. The van der Waals surface area contributed by atoms with Crippen molar-refractivity contribution in [2.75, 3.05) is 27.2 Å². The molecule has 38 heavy (non-hydrogen) atoms. The zero-order valence-electron chi connectivity index (χ0n) is 21.1. The summed E-state index contributed by atoms with van der Waals surface area (Å²) in [5, 5.41) is 23.0. The number of hydrogen-bond acceptors (Lipinski definition) is 8. The molecular formula is C28H26ClN3O5S. The van der Waals surface area contributed by atoms with Gasteiger partial charge in [-0.2, -0.15) is 0 Å². The molecule has 0 atom stereocenters. The topological polar surface area (TPSA) is 101 Å². The largest absolute Gasteiger partial charge is 0.503 e. The predicted octanol–water partition coefficient (Wildman–Crippen LogP) is 6.28. The lowest BCUT2D eigenvalue weighted by Crippen LogP contribution is -2.15. The number of thiazole rings is 1. The number of aromatic hydroxyl groups is 2. The normalized spacial score (nSPS) is 11.5. The highest BCUT2D eigenvalue weighted by Crippen LogP contribution is 2.45. The van der Waals surface area contributed by atoms with Crippen molar-refractivity contribution in [1.82, 2.24) is 14.5 Å². The van der Waals surface area contributed by atoms with Crippen LogP contribution in [0.25, 0.3) is 26.6 Å². The van der Waals surface area contributed by atoms with Crippen molar-refractivity contribution in [3.05, 3.63) is 76.7 Å². The van der Waals surface area contributed by atoms with E-state index in [1.54, 1.807) is 61.5 Å². The minimum absolute atomic E-state index is 0.0492. The SMILES string of the molecule is Cc1ccc(C(=O)c2c(O)c(O)n(-c3nc4ccc(Cl)cc4s3)c2-c2ccc(OCCCN(C)C)cc2)o1. The molecule has 10 heteroatoms. The second-order valence-electron chi connectivity index (χ2n) is 9.11. The van der Waals surface area contributed by atoms with E-state index in [1.165, 1.54) is 15.9 Å². The number of ether oxygens (including phenoxy) is 1. The van der Waals surface area contributed by atoms with Crippen LogP contribution in [0.1, 0.15) is 28.3 Å². The Morgan fingerprint density at radius 2 is 1.89 bits per heavy atom. The molecule has 3 aromatic heterocycles. The molecule has 2 N–H and O–H groups in total. The Bertz CT molecular complexity index is 1620. The van der Waals surface area contributed by atoms with Gasteiger partial charge in [-0.05, 0) is 87.6 Å². The number of halogens is 1.